The third-order valence-corrected chi connectivity index (χ3v) is 11.2. The van der Waals surface area contributed by atoms with Gasteiger partial charge in [-0.2, -0.15) is 0 Å². The molecule has 0 spiro atoms. The average Bonchev–Trinajstić information content (AvgIpc) is 3.52. The van der Waals surface area contributed by atoms with Crippen molar-refractivity contribution < 1.29 is 4.21 Å². The lowest BCUT2D eigenvalue weighted by Gasteiger charge is -2.28. The first-order chi connectivity index (χ1) is 25.8. The first-order valence-electron chi connectivity index (χ1n) is 17.5. The van der Waals surface area contributed by atoms with Crippen molar-refractivity contribution >= 4 is 44.9 Å². The zero-order valence-corrected chi connectivity index (χ0v) is 29.2. The number of rotatable bonds is 8. The molecule has 9 rings (SSSR count). The minimum Gasteiger partial charge on any atom is -0.310 e. The van der Waals surface area contributed by atoms with E-state index in [4.69, 9.17) is 0 Å². The molecule has 1 aliphatic heterocycles. The summed E-state index contributed by atoms with van der Waals surface area (Å²) in [7, 11) is -1.45. The maximum absolute atomic E-state index is 15.2. The first kappa shape index (κ1) is 31.5. The molecule has 0 aliphatic carbocycles. The van der Waals surface area contributed by atoms with Crippen molar-refractivity contribution in [1.82, 2.24) is 0 Å². The van der Waals surface area contributed by atoms with Crippen LogP contribution in [0.3, 0.4) is 0 Å². The summed E-state index contributed by atoms with van der Waals surface area (Å²) in [6, 6.07) is 71.3. The molecule has 8 aromatic rings. The summed E-state index contributed by atoms with van der Waals surface area (Å²) < 4.78 is 15.2. The zero-order chi connectivity index (χ0) is 34.9. The van der Waals surface area contributed by atoms with Crippen LogP contribution in [0.4, 0.5) is 34.1 Å². The molecule has 0 unspecified atom stereocenters. The SMILES string of the molecule is O=S1c2c(-c3ccccc3N(c3ccccc3)c3ccccc3)cccc2-c2cccc(-c3ccccc3N(c3ccccc3)c3ccccc3)c21. The minimum atomic E-state index is -1.45. The van der Waals surface area contributed by atoms with Crippen LogP contribution in [-0.4, -0.2) is 4.21 Å². The molecular weight excluding hydrogens is 653 g/mol. The molecule has 0 bridgehead atoms. The molecule has 1 heterocycles. The van der Waals surface area contributed by atoms with E-state index < -0.39 is 10.8 Å². The van der Waals surface area contributed by atoms with Gasteiger partial charge in [0.15, 0.2) is 0 Å². The molecule has 0 N–H and O–H groups in total. The summed E-state index contributed by atoms with van der Waals surface area (Å²) in [5.41, 5.74) is 12.3. The molecule has 3 nitrogen and oxygen atoms in total. The molecule has 4 heteroatoms. The molecule has 52 heavy (non-hydrogen) atoms. The van der Waals surface area contributed by atoms with Crippen LogP contribution in [0.5, 0.6) is 0 Å². The third-order valence-electron chi connectivity index (χ3n) is 9.62. The largest absolute Gasteiger partial charge is 0.310 e. The Hall–Kier alpha value is -6.49. The fourth-order valence-corrected chi connectivity index (χ4v) is 9.09. The second-order valence-electron chi connectivity index (χ2n) is 12.7. The van der Waals surface area contributed by atoms with E-state index in [9.17, 15) is 0 Å². The van der Waals surface area contributed by atoms with Crippen LogP contribution in [0.15, 0.2) is 216 Å². The Bertz CT molecular complexity index is 2280. The lowest BCUT2D eigenvalue weighted by molar-refractivity contribution is 0.685. The molecule has 1 aliphatic rings. The Morgan fingerprint density at radius 1 is 0.269 bits per heavy atom. The van der Waals surface area contributed by atoms with Crippen LogP contribution < -0.4 is 9.80 Å². The van der Waals surface area contributed by atoms with Crippen LogP contribution in [-0.2, 0) is 10.8 Å². The number of benzene rings is 8. The summed E-state index contributed by atoms with van der Waals surface area (Å²) in [6.45, 7) is 0. The molecule has 0 aromatic heterocycles. The molecule has 0 fully saturated rings. The van der Waals surface area contributed by atoms with E-state index in [1.165, 1.54) is 0 Å². The highest BCUT2D eigenvalue weighted by Gasteiger charge is 2.33. The van der Waals surface area contributed by atoms with Gasteiger partial charge in [-0.3, -0.25) is 0 Å². The van der Waals surface area contributed by atoms with Gasteiger partial charge in [-0.05, 0) is 60.7 Å². The number of hydrogen-bond acceptors (Lipinski definition) is 3. The van der Waals surface area contributed by atoms with E-state index in [1.807, 2.05) is 24.3 Å². The Kier molecular flexibility index (Phi) is 8.28. The van der Waals surface area contributed by atoms with Gasteiger partial charge in [0.25, 0.3) is 0 Å². The number of nitrogens with zero attached hydrogens (tertiary/aromatic N) is 2. The predicted octanol–water partition coefficient (Wildman–Crippen LogP) is 13.1. The number of anilines is 6. The second-order valence-corrected chi connectivity index (χ2v) is 14.0. The molecule has 248 valence electrons. The van der Waals surface area contributed by atoms with E-state index in [0.29, 0.717) is 0 Å². The van der Waals surface area contributed by atoms with Crippen molar-refractivity contribution in [3.05, 3.63) is 206 Å². The highest BCUT2D eigenvalue weighted by Crippen LogP contribution is 2.52. The third kappa shape index (κ3) is 5.51. The fourth-order valence-electron chi connectivity index (χ4n) is 7.38. The van der Waals surface area contributed by atoms with Crippen LogP contribution >= 0.6 is 0 Å². The van der Waals surface area contributed by atoms with Gasteiger partial charge in [0.05, 0.1) is 32.0 Å². The first-order valence-corrected chi connectivity index (χ1v) is 18.6. The van der Waals surface area contributed by atoms with Crippen molar-refractivity contribution in [3.63, 3.8) is 0 Å². The number of fused-ring (bicyclic) bond motifs is 3. The summed E-state index contributed by atoms with van der Waals surface area (Å²) in [6.07, 6.45) is 0. The van der Waals surface area contributed by atoms with Gasteiger partial charge in [0, 0.05) is 56.1 Å². The smallest absolute Gasteiger partial charge is 0.0875 e. The lowest BCUT2D eigenvalue weighted by Crippen LogP contribution is -2.11. The Balaban J connectivity index is 1.21. The van der Waals surface area contributed by atoms with E-state index in [1.54, 1.807) is 0 Å². The molecular formula is C48H34N2OS. The monoisotopic (exact) mass is 686 g/mol. The number of hydrogen-bond donors (Lipinski definition) is 0. The lowest BCUT2D eigenvalue weighted by atomic mass is 9.94. The summed E-state index contributed by atoms with van der Waals surface area (Å²) >= 11 is 0. The summed E-state index contributed by atoms with van der Waals surface area (Å²) in [5.74, 6) is 0. The van der Waals surface area contributed by atoms with E-state index in [2.05, 4.69) is 192 Å². The zero-order valence-electron chi connectivity index (χ0n) is 28.3. The summed E-state index contributed by atoms with van der Waals surface area (Å²) in [5, 5.41) is 0. The molecule has 0 radical (unpaired) electrons. The maximum atomic E-state index is 15.2. The van der Waals surface area contributed by atoms with Gasteiger partial charge in [-0.1, -0.05) is 146 Å². The van der Waals surface area contributed by atoms with Gasteiger partial charge in [-0.25, -0.2) is 4.21 Å². The quantitative estimate of drug-likeness (QED) is 0.159. The van der Waals surface area contributed by atoms with Crippen LogP contribution in [0, 0.1) is 0 Å². The van der Waals surface area contributed by atoms with Gasteiger partial charge in [0.2, 0.25) is 0 Å². The molecule has 0 saturated carbocycles. The topological polar surface area (TPSA) is 23.6 Å². The van der Waals surface area contributed by atoms with Crippen LogP contribution in [0.2, 0.25) is 0 Å². The highest BCUT2D eigenvalue weighted by atomic mass is 32.2. The number of para-hydroxylation sites is 6. The van der Waals surface area contributed by atoms with E-state index >= 15 is 4.21 Å². The molecule has 0 saturated heterocycles. The summed E-state index contributed by atoms with van der Waals surface area (Å²) in [4.78, 5) is 6.25. The van der Waals surface area contributed by atoms with Crippen molar-refractivity contribution in [3.8, 4) is 33.4 Å². The normalized spacial score (nSPS) is 11.8. The molecule has 8 aromatic carbocycles. The maximum Gasteiger partial charge on any atom is 0.0875 e. The predicted molar refractivity (Wildman–Crippen MR) is 217 cm³/mol. The van der Waals surface area contributed by atoms with Crippen molar-refractivity contribution in [2.75, 3.05) is 9.80 Å². The van der Waals surface area contributed by atoms with Gasteiger partial charge >= 0.3 is 0 Å². The van der Waals surface area contributed by atoms with Crippen LogP contribution in [0.25, 0.3) is 33.4 Å². The van der Waals surface area contributed by atoms with E-state index in [0.717, 1.165) is 77.3 Å². The van der Waals surface area contributed by atoms with Gasteiger partial charge < -0.3 is 9.80 Å². The van der Waals surface area contributed by atoms with Crippen molar-refractivity contribution in [2.45, 2.75) is 9.79 Å². The van der Waals surface area contributed by atoms with E-state index in [-0.39, 0.29) is 0 Å². The second kappa shape index (κ2) is 13.7. The Morgan fingerprint density at radius 3 is 0.846 bits per heavy atom. The Morgan fingerprint density at radius 2 is 0.519 bits per heavy atom. The van der Waals surface area contributed by atoms with Crippen molar-refractivity contribution in [1.29, 1.82) is 0 Å². The fraction of sp³-hybridized carbons (Fsp3) is 0. The highest BCUT2D eigenvalue weighted by molar-refractivity contribution is 7.86. The van der Waals surface area contributed by atoms with Crippen LogP contribution in [0.1, 0.15) is 0 Å². The van der Waals surface area contributed by atoms with Gasteiger partial charge in [0.1, 0.15) is 0 Å². The average molecular weight is 687 g/mol. The van der Waals surface area contributed by atoms with Gasteiger partial charge in [-0.15, -0.1) is 0 Å². The Labute approximate surface area is 307 Å². The molecule has 0 atom stereocenters. The van der Waals surface area contributed by atoms with Crippen molar-refractivity contribution in [2.24, 2.45) is 0 Å². The minimum absolute atomic E-state index is 0.846. The standard InChI is InChI=1S/C48H34N2OS/c51-52-47-41(39-27-13-15-33-45(39)49(35-19-5-1-6-20-35)36-21-7-2-8-22-36)29-17-31-43(47)44-32-18-30-42(48(44)52)40-28-14-16-34-46(40)50(37-23-9-3-10-24-37)38-25-11-4-12-26-38/h1-34H. The molecule has 0 amide bonds.